The number of nitrogens with zero attached hydrogens (tertiary/aromatic N) is 1. The van der Waals surface area contributed by atoms with Gasteiger partial charge in [0, 0.05) is 0 Å². The topological polar surface area (TPSA) is 79.8 Å². The molecule has 0 aliphatic carbocycles. The number of carbonyl (C=O) groups excluding carboxylic acids is 2. The van der Waals surface area contributed by atoms with Gasteiger partial charge in [-0.15, -0.1) is 0 Å². The van der Waals surface area contributed by atoms with Crippen LogP contribution >= 0.6 is 0 Å². The van der Waals surface area contributed by atoms with Crippen molar-refractivity contribution in [2.45, 2.75) is 6.92 Å². The molecule has 0 fully saturated rings. The van der Waals surface area contributed by atoms with E-state index in [9.17, 15) is 14.0 Å². The lowest BCUT2D eigenvalue weighted by Gasteiger charge is -2.05. The van der Waals surface area contributed by atoms with Crippen molar-refractivity contribution in [3.8, 4) is 5.75 Å². The van der Waals surface area contributed by atoms with E-state index < -0.39 is 17.6 Å². The van der Waals surface area contributed by atoms with Crippen molar-refractivity contribution in [2.24, 2.45) is 5.10 Å². The quantitative estimate of drug-likeness (QED) is 0.597. The zero-order valence-electron chi connectivity index (χ0n) is 13.7. The predicted molar refractivity (Wildman–Crippen MR) is 92.1 cm³/mol. The Labute approximate surface area is 144 Å². The average molecular weight is 343 g/mol. The second-order valence-electron chi connectivity index (χ2n) is 4.96. The zero-order chi connectivity index (χ0) is 18.1. The Kier molecular flexibility index (Phi) is 6.65. The van der Waals surface area contributed by atoms with Crippen molar-refractivity contribution in [3.63, 3.8) is 0 Å². The van der Waals surface area contributed by atoms with Gasteiger partial charge in [-0.25, -0.2) is 9.82 Å². The molecule has 0 saturated heterocycles. The monoisotopic (exact) mass is 343 g/mol. The summed E-state index contributed by atoms with van der Waals surface area (Å²) in [6.45, 7) is 2.17. The fourth-order valence-electron chi connectivity index (χ4n) is 1.94. The van der Waals surface area contributed by atoms with Crippen molar-refractivity contribution in [1.29, 1.82) is 0 Å². The van der Waals surface area contributed by atoms with Crippen LogP contribution < -0.4 is 15.5 Å². The number of nitrogens with one attached hydrogen (secondary N) is 2. The smallest absolute Gasteiger partial charge is 0.259 e. The van der Waals surface area contributed by atoms with Crippen molar-refractivity contribution in [1.82, 2.24) is 10.7 Å². The van der Waals surface area contributed by atoms with Crippen LogP contribution in [0.5, 0.6) is 5.75 Å². The lowest BCUT2D eigenvalue weighted by atomic mass is 10.2. The Balaban J connectivity index is 1.78. The molecule has 6 nitrogen and oxygen atoms in total. The molecule has 0 spiro atoms. The maximum Gasteiger partial charge on any atom is 0.259 e. The van der Waals surface area contributed by atoms with E-state index in [1.807, 2.05) is 6.92 Å². The van der Waals surface area contributed by atoms with Gasteiger partial charge in [0.25, 0.3) is 11.8 Å². The lowest BCUT2D eigenvalue weighted by molar-refractivity contribution is -0.120. The number of amides is 2. The molecule has 0 heterocycles. The summed E-state index contributed by atoms with van der Waals surface area (Å²) in [5, 5.41) is 6.12. The first kappa shape index (κ1) is 18.1. The van der Waals surface area contributed by atoms with Gasteiger partial charge < -0.3 is 10.1 Å². The standard InChI is InChI=1S/C18H18FN3O3/c1-2-25-14-9-7-13(8-10-14)11-21-22-17(23)12-20-18(24)15-5-3-4-6-16(15)19/h3-11H,2,12H2,1H3,(H,20,24)(H,22,23)/b21-11+. The van der Waals surface area contributed by atoms with Gasteiger partial charge >= 0.3 is 0 Å². The fourth-order valence-corrected chi connectivity index (χ4v) is 1.94. The molecule has 2 rings (SSSR count). The molecule has 0 saturated carbocycles. The number of hydrazone groups is 1. The van der Waals surface area contributed by atoms with Gasteiger partial charge in [0.15, 0.2) is 0 Å². The van der Waals surface area contributed by atoms with Gasteiger partial charge in [0.2, 0.25) is 0 Å². The SMILES string of the molecule is CCOc1ccc(/C=N/NC(=O)CNC(=O)c2ccccc2F)cc1. The largest absolute Gasteiger partial charge is 0.494 e. The van der Waals surface area contributed by atoms with Crippen LogP contribution in [0.4, 0.5) is 4.39 Å². The fraction of sp³-hybridized carbons (Fsp3) is 0.167. The third-order valence-corrected chi connectivity index (χ3v) is 3.12. The second kappa shape index (κ2) is 9.17. The van der Waals surface area contributed by atoms with Crippen molar-refractivity contribution in [3.05, 3.63) is 65.5 Å². The number of ether oxygens (including phenoxy) is 1. The Morgan fingerprint density at radius 1 is 1.16 bits per heavy atom. The minimum absolute atomic E-state index is 0.117. The Morgan fingerprint density at radius 3 is 2.56 bits per heavy atom. The maximum absolute atomic E-state index is 13.4. The highest BCUT2D eigenvalue weighted by molar-refractivity contribution is 5.96. The van der Waals surface area contributed by atoms with Crippen molar-refractivity contribution < 1.29 is 18.7 Å². The van der Waals surface area contributed by atoms with E-state index in [1.54, 1.807) is 30.3 Å². The van der Waals surface area contributed by atoms with Gasteiger partial charge in [-0.1, -0.05) is 12.1 Å². The van der Waals surface area contributed by atoms with Gasteiger partial charge in [0.05, 0.1) is 24.9 Å². The van der Waals surface area contributed by atoms with Crippen LogP contribution in [0.1, 0.15) is 22.8 Å². The molecule has 0 bridgehead atoms. The molecule has 2 amide bonds. The lowest BCUT2D eigenvalue weighted by Crippen LogP contribution is -2.35. The molecule has 0 atom stereocenters. The summed E-state index contributed by atoms with van der Waals surface area (Å²) in [4.78, 5) is 23.4. The van der Waals surface area contributed by atoms with Gasteiger partial charge in [-0.2, -0.15) is 5.10 Å². The van der Waals surface area contributed by atoms with E-state index in [-0.39, 0.29) is 12.1 Å². The molecule has 130 valence electrons. The number of hydrogen-bond donors (Lipinski definition) is 2. The minimum atomic E-state index is -0.663. The summed E-state index contributed by atoms with van der Waals surface area (Å²) in [6, 6.07) is 12.7. The van der Waals surface area contributed by atoms with Crippen LogP contribution in [-0.4, -0.2) is 31.2 Å². The van der Waals surface area contributed by atoms with E-state index in [1.165, 1.54) is 24.4 Å². The highest BCUT2D eigenvalue weighted by atomic mass is 19.1. The zero-order valence-corrected chi connectivity index (χ0v) is 13.7. The molecule has 2 N–H and O–H groups in total. The van der Waals surface area contributed by atoms with Crippen LogP contribution in [0, 0.1) is 5.82 Å². The summed E-state index contributed by atoms with van der Waals surface area (Å²) >= 11 is 0. The minimum Gasteiger partial charge on any atom is -0.494 e. The van der Waals surface area contributed by atoms with E-state index in [0.717, 1.165) is 11.3 Å². The van der Waals surface area contributed by atoms with Crippen LogP contribution in [0.25, 0.3) is 0 Å². The number of hydrogen-bond acceptors (Lipinski definition) is 4. The van der Waals surface area contributed by atoms with Crippen molar-refractivity contribution >= 4 is 18.0 Å². The van der Waals surface area contributed by atoms with Crippen molar-refractivity contribution in [2.75, 3.05) is 13.2 Å². The summed E-state index contributed by atoms with van der Waals surface area (Å²) < 4.78 is 18.8. The number of halogens is 1. The normalized spacial score (nSPS) is 10.5. The highest BCUT2D eigenvalue weighted by Gasteiger charge is 2.11. The van der Waals surface area contributed by atoms with Crippen LogP contribution in [0.15, 0.2) is 53.6 Å². The first-order chi connectivity index (χ1) is 12.1. The van der Waals surface area contributed by atoms with Crippen LogP contribution in [0.3, 0.4) is 0 Å². The molecule has 0 unspecified atom stereocenters. The van der Waals surface area contributed by atoms with Crippen LogP contribution in [-0.2, 0) is 4.79 Å². The first-order valence-corrected chi connectivity index (χ1v) is 7.67. The van der Waals surface area contributed by atoms with E-state index >= 15 is 0 Å². The molecule has 2 aromatic carbocycles. The molecule has 7 heteroatoms. The third-order valence-electron chi connectivity index (χ3n) is 3.12. The molecule has 0 aliphatic heterocycles. The maximum atomic E-state index is 13.4. The molecule has 25 heavy (non-hydrogen) atoms. The summed E-state index contributed by atoms with van der Waals surface area (Å²) in [7, 11) is 0. The summed E-state index contributed by atoms with van der Waals surface area (Å²) in [5.74, 6) is -1.08. The predicted octanol–water partition coefficient (Wildman–Crippen LogP) is 2.10. The number of benzene rings is 2. The first-order valence-electron chi connectivity index (χ1n) is 7.67. The molecular formula is C18H18FN3O3. The molecule has 0 aromatic heterocycles. The molecular weight excluding hydrogens is 325 g/mol. The highest BCUT2D eigenvalue weighted by Crippen LogP contribution is 2.10. The molecule has 0 radical (unpaired) electrons. The second-order valence-corrected chi connectivity index (χ2v) is 4.96. The number of rotatable bonds is 7. The number of carbonyl (C=O) groups is 2. The Hall–Kier alpha value is -3.22. The Bertz CT molecular complexity index is 760. The molecule has 2 aromatic rings. The Morgan fingerprint density at radius 2 is 1.88 bits per heavy atom. The summed E-state index contributed by atoms with van der Waals surface area (Å²) in [6.07, 6.45) is 1.46. The molecule has 0 aliphatic rings. The van der Waals surface area contributed by atoms with E-state index in [2.05, 4.69) is 15.8 Å². The average Bonchev–Trinajstić information content (AvgIpc) is 2.62. The third kappa shape index (κ3) is 5.72. The van der Waals surface area contributed by atoms with Crippen LogP contribution in [0.2, 0.25) is 0 Å². The van der Waals surface area contributed by atoms with E-state index in [0.29, 0.717) is 6.61 Å². The summed E-state index contributed by atoms with van der Waals surface area (Å²) in [5.41, 5.74) is 2.94. The van der Waals surface area contributed by atoms with Gasteiger partial charge in [-0.05, 0) is 48.9 Å². The van der Waals surface area contributed by atoms with Gasteiger partial charge in [0.1, 0.15) is 11.6 Å². The van der Waals surface area contributed by atoms with E-state index in [4.69, 9.17) is 4.74 Å². The van der Waals surface area contributed by atoms with Gasteiger partial charge in [-0.3, -0.25) is 9.59 Å².